The molecule has 1 heterocycles. The molecule has 42 heavy (non-hydrogen) atoms. The Balaban J connectivity index is 0.000000294. The summed E-state index contributed by atoms with van der Waals surface area (Å²) in [6, 6.07) is 18.0. The van der Waals surface area contributed by atoms with Gasteiger partial charge in [0.25, 0.3) is 0 Å². The lowest BCUT2D eigenvalue weighted by Gasteiger charge is -2.34. The Morgan fingerprint density at radius 3 is 1.83 bits per heavy atom. The van der Waals surface area contributed by atoms with Gasteiger partial charge in [-0.1, -0.05) is 55.3 Å². The number of quaternary nitrogens is 1. The van der Waals surface area contributed by atoms with Crippen LogP contribution in [0.3, 0.4) is 0 Å². The van der Waals surface area contributed by atoms with E-state index in [1.165, 1.54) is 26.1 Å². The number of nitrogens with one attached hydrogen (secondary N) is 1. The molecule has 0 bridgehead atoms. The van der Waals surface area contributed by atoms with E-state index < -0.39 is 42.8 Å². The Kier molecular flexibility index (Phi) is 15.5. The normalized spacial score (nSPS) is 15.9. The Bertz CT molecular complexity index is 1070. The number of carboxylic acids is 1. The predicted octanol–water partition coefficient (Wildman–Crippen LogP) is 0.294. The van der Waals surface area contributed by atoms with Crippen LogP contribution in [-0.2, 0) is 9.59 Å². The van der Waals surface area contributed by atoms with Crippen LogP contribution in [0.2, 0.25) is 0 Å². The number of nitrogens with zero attached hydrogens (tertiary/aromatic N) is 1. The maximum Gasteiger partial charge on any atom is 0.164 e. The van der Waals surface area contributed by atoms with Crippen LogP contribution >= 0.6 is 11.8 Å². The molecule has 0 aromatic heterocycles. The number of carbonyl (C=O) groups excluding carboxylic acids is 2. The zero-order valence-electron chi connectivity index (χ0n) is 24.7. The predicted molar refractivity (Wildman–Crippen MR) is 160 cm³/mol. The zero-order chi connectivity index (χ0) is 31.2. The minimum atomic E-state index is -1.86. The Morgan fingerprint density at radius 1 is 0.833 bits per heavy atom. The van der Waals surface area contributed by atoms with E-state index in [-0.39, 0.29) is 12.8 Å². The van der Waals surface area contributed by atoms with Gasteiger partial charge in [-0.2, -0.15) is 0 Å². The van der Waals surface area contributed by atoms with Crippen LogP contribution in [0.25, 0.3) is 0 Å². The van der Waals surface area contributed by atoms with Crippen molar-refractivity contribution in [2.75, 3.05) is 32.1 Å². The number of unbranched alkanes of at least 4 members (excludes halogenated alkanes) is 4. The first-order chi connectivity index (χ1) is 20.0. The van der Waals surface area contributed by atoms with E-state index in [4.69, 9.17) is 10.2 Å². The van der Waals surface area contributed by atoms with E-state index in [2.05, 4.69) is 74.4 Å². The van der Waals surface area contributed by atoms with Gasteiger partial charge < -0.3 is 45.2 Å². The van der Waals surface area contributed by atoms with Gasteiger partial charge in [0.2, 0.25) is 0 Å². The topological polar surface area (TPSA) is 166 Å². The number of hydrogen-bond acceptors (Lipinski definition) is 10. The molecule has 10 nitrogen and oxygen atoms in total. The molecule has 0 fully saturated rings. The summed E-state index contributed by atoms with van der Waals surface area (Å²) in [5, 5.41) is 56.4. The highest BCUT2D eigenvalue weighted by Gasteiger charge is 2.33. The minimum Gasteiger partial charge on any atom is -0.550 e. The summed E-state index contributed by atoms with van der Waals surface area (Å²) in [4.78, 5) is 28.5. The number of fused-ring (bicyclic) bond motifs is 2. The van der Waals surface area contributed by atoms with Crippen LogP contribution in [0.15, 0.2) is 58.3 Å². The van der Waals surface area contributed by atoms with Gasteiger partial charge in [0, 0.05) is 22.2 Å². The van der Waals surface area contributed by atoms with E-state index in [1.807, 2.05) is 11.8 Å². The first kappa shape index (κ1) is 35.7. The zero-order valence-corrected chi connectivity index (χ0v) is 25.5. The van der Waals surface area contributed by atoms with Crippen LogP contribution in [-0.4, -0.2) is 95.0 Å². The summed E-state index contributed by atoms with van der Waals surface area (Å²) in [5.74, 6) is -1.75. The molecule has 0 saturated carbocycles. The number of ketones is 1. The maximum absolute atomic E-state index is 11.6. The van der Waals surface area contributed by atoms with Crippen molar-refractivity contribution in [3.8, 4) is 0 Å². The number of aliphatic hydroxyl groups is 5. The molecule has 1 aliphatic rings. The van der Waals surface area contributed by atoms with Gasteiger partial charge in [-0.05, 0) is 50.5 Å². The lowest BCUT2D eigenvalue weighted by atomic mass is 9.97. The fourth-order valence-corrected chi connectivity index (χ4v) is 5.49. The Morgan fingerprint density at radius 2 is 1.33 bits per heavy atom. The Hall–Kier alpha value is -2.51. The van der Waals surface area contributed by atoms with Gasteiger partial charge in [-0.25, -0.2) is 0 Å². The standard InChI is InChI=1S/C17H20N2S.C14H26O8/c1-13(18(2)3)12-19-14-8-4-6-10-16(14)20-17-11-7-5-9-15(17)19;15-8-10(17)13(21)14(22)12(20)9(16)6-4-2-1-3-5-7-11(18)19/h4-11,13H,12H2,1-3H3;10,12-15,17,20-22H,1-8H2,(H,18,19)/t;10?,12?,13-,14-/m.1/s1. The first-order valence-electron chi connectivity index (χ1n) is 14.5. The summed E-state index contributed by atoms with van der Waals surface area (Å²) in [6.45, 7) is 2.55. The van der Waals surface area contributed by atoms with E-state index in [9.17, 15) is 30.0 Å². The largest absolute Gasteiger partial charge is 0.550 e. The van der Waals surface area contributed by atoms with Gasteiger partial charge in [0.15, 0.2) is 5.78 Å². The first-order valence-corrected chi connectivity index (χ1v) is 15.3. The molecule has 0 radical (unpaired) electrons. The number of carboxylic acid groups (broad SMARTS) is 1. The van der Waals surface area contributed by atoms with Crippen LogP contribution < -0.4 is 14.9 Å². The van der Waals surface area contributed by atoms with Crippen molar-refractivity contribution in [3.05, 3.63) is 48.5 Å². The number of aliphatic hydroxyl groups excluding tert-OH is 5. The molecule has 0 saturated heterocycles. The summed E-state index contributed by atoms with van der Waals surface area (Å²) < 4.78 is 0. The molecular formula is C31H46N2O8S. The van der Waals surface area contributed by atoms with Gasteiger partial charge in [-0.15, -0.1) is 0 Å². The number of likely N-dealkylation sites (N-methyl/N-ethyl adjacent to an activating group) is 1. The second-order valence-corrected chi connectivity index (χ2v) is 12.0. The second kappa shape index (κ2) is 18.2. The van der Waals surface area contributed by atoms with Crippen molar-refractivity contribution in [2.45, 2.75) is 92.1 Å². The average Bonchev–Trinajstić information content (AvgIpc) is 2.98. The number of hydrogen-bond donors (Lipinski definition) is 6. The molecular weight excluding hydrogens is 560 g/mol. The molecule has 5 atom stereocenters. The molecule has 2 aromatic rings. The van der Waals surface area contributed by atoms with E-state index >= 15 is 0 Å². The van der Waals surface area contributed by atoms with Crippen LogP contribution in [0.1, 0.15) is 51.9 Å². The van der Waals surface area contributed by atoms with E-state index in [1.54, 1.807) is 0 Å². The maximum atomic E-state index is 11.6. The fraction of sp³-hybridized carbons (Fsp3) is 0.548. The summed E-state index contributed by atoms with van der Waals surface area (Å²) in [5.41, 5.74) is 2.67. The van der Waals surface area contributed by atoms with Crippen molar-refractivity contribution in [2.24, 2.45) is 0 Å². The molecule has 11 heteroatoms. The molecule has 3 rings (SSSR count). The highest BCUT2D eigenvalue weighted by molar-refractivity contribution is 7.99. The molecule has 0 aliphatic carbocycles. The number of para-hydroxylation sites is 2. The molecule has 3 unspecified atom stereocenters. The third-order valence-electron chi connectivity index (χ3n) is 7.36. The van der Waals surface area contributed by atoms with Gasteiger partial charge >= 0.3 is 0 Å². The van der Waals surface area contributed by atoms with Gasteiger partial charge in [0.1, 0.15) is 30.5 Å². The third kappa shape index (κ3) is 11.0. The number of carbonyl (C=O) groups is 2. The Labute approximate surface area is 252 Å². The van der Waals surface area contributed by atoms with Crippen molar-refractivity contribution in [1.29, 1.82) is 0 Å². The number of benzene rings is 2. The van der Waals surface area contributed by atoms with Crippen LogP contribution in [0, 0.1) is 0 Å². The van der Waals surface area contributed by atoms with E-state index in [0.29, 0.717) is 31.7 Å². The quantitative estimate of drug-likeness (QED) is 0.146. The third-order valence-corrected chi connectivity index (χ3v) is 8.49. The highest BCUT2D eigenvalue weighted by Crippen LogP contribution is 2.47. The van der Waals surface area contributed by atoms with Crippen molar-refractivity contribution in [1.82, 2.24) is 0 Å². The highest BCUT2D eigenvalue weighted by atomic mass is 32.2. The van der Waals surface area contributed by atoms with Crippen molar-refractivity contribution >= 4 is 34.9 Å². The van der Waals surface area contributed by atoms with Gasteiger partial charge in [0.05, 0.1) is 38.6 Å². The molecule has 6 N–H and O–H groups in total. The van der Waals surface area contributed by atoms with Crippen LogP contribution in [0.5, 0.6) is 0 Å². The van der Waals surface area contributed by atoms with Crippen LogP contribution in [0.4, 0.5) is 11.4 Å². The average molecular weight is 607 g/mol. The second-order valence-electron chi connectivity index (χ2n) is 10.9. The van der Waals surface area contributed by atoms with Gasteiger partial charge in [-0.3, -0.25) is 4.79 Å². The summed E-state index contributed by atoms with van der Waals surface area (Å²) >= 11 is 1.87. The van der Waals surface area contributed by atoms with Crippen molar-refractivity contribution < 1.29 is 45.1 Å². The van der Waals surface area contributed by atoms with Crippen molar-refractivity contribution in [3.63, 3.8) is 0 Å². The summed E-state index contributed by atoms with van der Waals surface area (Å²) in [7, 11) is 4.45. The fourth-order valence-electron chi connectivity index (χ4n) is 4.39. The molecule has 0 amide bonds. The number of Topliss-reactive ketones (excluding diaryl/α,β-unsaturated/α-hetero) is 1. The molecule has 1 aliphatic heterocycles. The SMILES string of the molecule is CC(CN1c2ccccc2Sc2ccccc21)[NH+](C)C.O=C([O-])CCCCCCCC(=O)C(O)[C@@H](O)[C@H](O)C(O)CO. The lowest BCUT2D eigenvalue weighted by molar-refractivity contribution is -0.881. The minimum absolute atomic E-state index is 0.000648. The number of aliphatic carboxylic acids is 1. The number of rotatable bonds is 16. The lowest BCUT2D eigenvalue weighted by Crippen LogP contribution is -3.10. The smallest absolute Gasteiger partial charge is 0.164 e. The summed E-state index contributed by atoms with van der Waals surface area (Å²) in [6.07, 6.45) is -4.03. The molecule has 2 aromatic carbocycles. The monoisotopic (exact) mass is 606 g/mol. The number of anilines is 2. The molecule has 0 spiro atoms. The molecule has 234 valence electrons. The van der Waals surface area contributed by atoms with E-state index in [0.717, 1.165) is 13.0 Å².